The number of aromatic carboxylic acids is 1. The van der Waals surface area contributed by atoms with Crippen molar-refractivity contribution in [2.24, 2.45) is 4.99 Å². The molecule has 1 aromatic heterocycles. The van der Waals surface area contributed by atoms with Crippen LogP contribution in [-0.4, -0.2) is 22.2 Å². The van der Waals surface area contributed by atoms with Gasteiger partial charge in [-0.1, -0.05) is 0 Å². The Hall–Kier alpha value is -3.74. The molecule has 136 valence electrons. The third kappa shape index (κ3) is 3.92. The lowest BCUT2D eigenvalue weighted by atomic mass is 10.0. The molecule has 0 unspecified atom stereocenters. The molecule has 0 fully saturated rings. The number of hydrogen-bond donors (Lipinski definition) is 1. The second-order valence-electron chi connectivity index (χ2n) is 6.01. The molecule has 0 bridgehead atoms. The topological polar surface area (TPSA) is 106 Å². The van der Waals surface area contributed by atoms with Crippen LogP contribution in [0.3, 0.4) is 0 Å². The van der Waals surface area contributed by atoms with E-state index in [-0.39, 0.29) is 11.3 Å². The number of carboxylic acid groups (broad SMARTS) is 1. The highest BCUT2D eigenvalue weighted by Crippen LogP contribution is 2.30. The number of carboxylic acids is 1. The lowest BCUT2D eigenvalue weighted by molar-refractivity contribution is -0.385. The Kier molecular flexibility index (Phi) is 4.85. The minimum atomic E-state index is -0.997. The fourth-order valence-electron chi connectivity index (χ4n) is 2.58. The molecular weight excluding hydrogens is 348 g/mol. The SMILES string of the molecule is Cc1cc(-c2ccc(C=Nc3ccc(C(=O)O)cc3)o2)cc([N+](=O)[O-])c1C. The van der Waals surface area contributed by atoms with Crippen molar-refractivity contribution in [3.63, 3.8) is 0 Å². The largest absolute Gasteiger partial charge is 0.478 e. The van der Waals surface area contributed by atoms with Crippen molar-refractivity contribution in [3.8, 4) is 11.3 Å². The average molecular weight is 364 g/mol. The Morgan fingerprint density at radius 2 is 1.85 bits per heavy atom. The van der Waals surface area contributed by atoms with Gasteiger partial charge in [0.1, 0.15) is 11.5 Å². The molecule has 0 atom stereocenters. The fraction of sp³-hybridized carbons (Fsp3) is 0.100. The number of carbonyl (C=O) groups is 1. The van der Waals surface area contributed by atoms with Gasteiger partial charge in [0, 0.05) is 17.2 Å². The number of nitrogens with zero attached hydrogens (tertiary/aromatic N) is 2. The van der Waals surface area contributed by atoms with E-state index in [1.54, 1.807) is 31.2 Å². The van der Waals surface area contributed by atoms with Crippen LogP contribution in [-0.2, 0) is 0 Å². The zero-order chi connectivity index (χ0) is 19.6. The molecule has 2 aromatic carbocycles. The normalized spacial score (nSPS) is 11.0. The first-order valence-corrected chi connectivity index (χ1v) is 8.08. The van der Waals surface area contributed by atoms with E-state index in [2.05, 4.69) is 4.99 Å². The van der Waals surface area contributed by atoms with Crippen molar-refractivity contribution in [2.45, 2.75) is 13.8 Å². The summed E-state index contributed by atoms with van der Waals surface area (Å²) < 4.78 is 5.72. The molecular formula is C20H16N2O5. The van der Waals surface area contributed by atoms with Gasteiger partial charge in [-0.2, -0.15) is 0 Å². The van der Waals surface area contributed by atoms with Gasteiger partial charge in [0.15, 0.2) is 0 Å². The van der Waals surface area contributed by atoms with Gasteiger partial charge in [-0.25, -0.2) is 4.79 Å². The fourth-order valence-corrected chi connectivity index (χ4v) is 2.58. The maximum Gasteiger partial charge on any atom is 0.335 e. The van der Waals surface area contributed by atoms with E-state index in [4.69, 9.17) is 9.52 Å². The van der Waals surface area contributed by atoms with Crippen LogP contribution >= 0.6 is 0 Å². The van der Waals surface area contributed by atoms with Crippen molar-refractivity contribution in [1.82, 2.24) is 0 Å². The molecule has 7 nitrogen and oxygen atoms in total. The number of aliphatic imine (C=N–C) groups is 1. The van der Waals surface area contributed by atoms with E-state index in [9.17, 15) is 14.9 Å². The summed E-state index contributed by atoms with van der Waals surface area (Å²) in [6.07, 6.45) is 1.51. The number of hydrogen-bond acceptors (Lipinski definition) is 5. The van der Waals surface area contributed by atoms with Crippen LogP contribution in [0.15, 0.2) is 57.9 Å². The van der Waals surface area contributed by atoms with Crippen LogP contribution in [0.5, 0.6) is 0 Å². The molecule has 0 aliphatic carbocycles. The maximum absolute atomic E-state index is 11.2. The summed E-state index contributed by atoms with van der Waals surface area (Å²) in [5.74, 6) is -0.0132. The highest BCUT2D eigenvalue weighted by Gasteiger charge is 2.16. The number of furan rings is 1. The van der Waals surface area contributed by atoms with Gasteiger partial charge in [-0.3, -0.25) is 15.1 Å². The number of nitro benzene ring substituents is 1. The summed E-state index contributed by atoms with van der Waals surface area (Å²) in [5, 5.41) is 20.1. The van der Waals surface area contributed by atoms with Crippen LogP contribution in [0.25, 0.3) is 11.3 Å². The molecule has 1 N–H and O–H groups in total. The maximum atomic E-state index is 11.2. The van der Waals surface area contributed by atoms with E-state index < -0.39 is 10.9 Å². The van der Waals surface area contributed by atoms with Crippen LogP contribution in [0, 0.1) is 24.0 Å². The molecule has 0 spiro atoms. The minimum absolute atomic E-state index is 0.0511. The highest BCUT2D eigenvalue weighted by molar-refractivity contribution is 5.88. The van der Waals surface area contributed by atoms with Crippen LogP contribution in [0.2, 0.25) is 0 Å². The van der Waals surface area contributed by atoms with Gasteiger partial charge in [-0.15, -0.1) is 0 Å². The van der Waals surface area contributed by atoms with E-state index in [1.807, 2.05) is 13.0 Å². The zero-order valence-corrected chi connectivity index (χ0v) is 14.7. The molecule has 27 heavy (non-hydrogen) atoms. The number of benzene rings is 2. The predicted octanol–water partition coefficient (Wildman–Crippen LogP) is 4.92. The van der Waals surface area contributed by atoms with E-state index >= 15 is 0 Å². The van der Waals surface area contributed by atoms with Crippen molar-refractivity contribution in [3.05, 3.63) is 81.1 Å². The number of nitro groups is 1. The van der Waals surface area contributed by atoms with E-state index in [0.717, 1.165) is 5.56 Å². The quantitative estimate of drug-likeness (QED) is 0.393. The average Bonchev–Trinajstić information content (AvgIpc) is 3.11. The van der Waals surface area contributed by atoms with Gasteiger partial charge in [0.05, 0.1) is 22.4 Å². The molecule has 0 aliphatic heterocycles. The molecule has 0 saturated carbocycles. The van der Waals surface area contributed by atoms with Crippen molar-refractivity contribution >= 4 is 23.6 Å². The predicted molar refractivity (Wildman–Crippen MR) is 101 cm³/mol. The van der Waals surface area contributed by atoms with Gasteiger partial charge >= 0.3 is 5.97 Å². The second-order valence-corrected chi connectivity index (χ2v) is 6.01. The smallest absolute Gasteiger partial charge is 0.335 e. The molecule has 0 saturated heterocycles. The standard InChI is InChI=1S/C20H16N2O5/c1-12-9-15(10-18(13(12)2)22(25)26)19-8-7-17(27-19)11-21-16-5-3-14(4-6-16)20(23)24/h3-11H,1-2H3,(H,23,24). The van der Waals surface area contributed by atoms with Crippen LogP contribution in [0.4, 0.5) is 11.4 Å². The van der Waals surface area contributed by atoms with Gasteiger partial charge in [-0.05, 0) is 61.9 Å². The monoisotopic (exact) mass is 364 g/mol. The Bertz CT molecular complexity index is 1050. The third-order valence-corrected chi connectivity index (χ3v) is 4.20. The first kappa shape index (κ1) is 18.1. The zero-order valence-electron chi connectivity index (χ0n) is 14.7. The molecule has 3 aromatic rings. The van der Waals surface area contributed by atoms with Gasteiger partial charge in [0.25, 0.3) is 5.69 Å². The first-order chi connectivity index (χ1) is 12.8. The first-order valence-electron chi connectivity index (χ1n) is 8.08. The third-order valence-electron chi connectivity index (χ3n) is 4.20. The minimum Gasteiger partial charge on any atom is -0.478 e. The summed E-state index contributed by atoms with van der Waals surface area (Å²) in [7, 11) is 0. The summed E-state index contributed by atoms with van der Waals surface area (Å²) >= 11 is 0. The second kappa shape index (κ2) is 7.25. The molecule has 1 heterocycles. The summed E-state index contributed by atoms with van der Waals surface area (Å²) in [5.41, 5.74) is 2.88. The summed E-state index contributed by atoms with van der Waals surface area (Å²) in [6, 6.07) is 12.9. The van der Waals surface area contributed by atoms with Crippen LogP contribution < -0.4 is 0 Å². The van der Waals surface area contributed by atoms with Crippen molar-refractivity contribution in [1.29, 1.82) is 0 Å². The number of rotatable bonds is 5. The molecule has 7 heteroatoms. The Morgan fingerprint density at radius 3 is 2.48 bits per heavy atom. The van der Waals surface area contributed by atoms with Crippen molar-refractivity contribution < 1.29 is 19.2 Å². The van der Waals surface area contributed by atoms with Crippen LogP contribution in [0.1, 0.15) is 27.2 Å². The molecule has 0 aliphatic rings. The summed E-state index contributed by atoms with van der Waals surface area (Å²) in [6.45, 7) is 3.53. The summed E-state index contributed by atoms with van der Waals surface area (Å²) in [4.78, 5) is 25.9. The molecule has 0 radical (unpaired) electrons. The molecule has 3 rings (SSSR count). The molecule has 0 amide bonds. The number of aryl methyl sites for hydroxylation is 1. The van der Waals surface area contributed by atoms with Crippen molar-refractivity contribution in [2.75, 3.05) is 0 Å². The highest BCUT2D eigenvalue weighted by atomic mass is 16.6. The van der Waals surface area contributed by atoms with E-state index in [0.29, 0.717) is 28.3 Å². The Morgan fingerprint density at radius 1 is 1.15 bits per heavy atom. The lowest BCUT2D eigenvalue weighted by Gasteiger charge is -2.04. The lowest BCUT2D eigenvalue weighted by Crippen LogP contribution is -1.94. The Balaban J connectivity index is 1.85. The van der Waals surface area contributed by atoms with Gasteiger partial charge < -0.3 is 9.52 Å². The van der Waals surface area contributed by atoms with E-state index in [1.165, 1.54) is 24.4 Å². The Labute approximate surface area is 154 Å². The van der Waals surface area contributed by atoms with Gasteiger partial charge in [0.2, 0.25) is 0 Å².